The predicted octanol–water partition coefficient (Wildman–Crippen LogP) is 2.32. The second-order valence-electron chi connectivity index (χ2n) is 6.93. The number of amides is 1. The number of hydrogen-bond acceptors (Lipinski definition) is 3. The Bertz CT molecular complexity index is 554. The first-order valence-electron chi connectivity index (χ1n) is 8.38. The van der Waals surface area contributed by atoms with Gasteiger partial charge in [-0.15, -0.1) is 0 Å². The Morgan fingerprint density at radius 1 is 1.35 bits per heavy atom. The number of likely N-dealkylation sites (N-methyl/N-ethyl adjacent to an activating group) is 1. The second-order valence-corrected chi connectivity index (χ2v) is 6.93. The third kappa shape index (κ3) is 4.52. The van der Waals surface area contributed by atoms with Gasteiger partial charge in [0.2, 0.25) is 0 Å². The Hall–Kier alpha value is -1.46. The van der Waals surface area contributed by atoms with Crippen LogP contribution < -0.4 is 0 Å². The van der Waals surface area contributed by atoms with Crippen molar-refractivity contribution in [3.8, 4) is 0 Å². The molecule has 0 radical (unpaired) electrons. The van der Waals surface area contributed by atoms with Gasteiger partial charge in [-0.05, 0) is 56.5 Å². The molecule has 1 aliphatic carbocycles. The Kier molecular flexibility index (Phi) is 4.97. The SMILES string of the molecule is Cc1cc(F)cc(C(=O)N(CC2CC2)C[C@@H]2CN(C)CCO2)c1. The van der Waals surface area contributed by atoms with E-state index in [2.05, 4.69) is 11.9 Å². The molecule has 2 fully saturated rings. The first-order chi connectivity index (χ1) is 11.0. The summed E-state index contributed by atoms with van der Waals surface area (Å²) in [6.07, 6.45) is 2.39. The fourth-order valence-corrected chi connectivity index (χ4v) is 3.12. The Labute approximate surface area is 137 Å². The molecule has 1 atom stereocenters. The monoisotopic (exact) mass is 320 g/mol. The third-order valence-corrected chi connectivity index (χ3v) is 4.52. The fourth-order valence-electron chi connectivity index (χ4n) is 3.12. The number of halogens is 1. The minimum atomic E-state index is -0.353. The molecule has 1 aromatic rings. The van der Waals surface area contributed by atoms with Crippen LogP contribution in [0.4, 0.5) is 4.39 Å². The number of hydrogen-bond donors (Lipinski definition) is 0. The highest BCUT2D eigenvalue weighted by Crippen LogP contribution is 2.30. The third-order valence-electron chi connectivity index (χ3n) is 4.52. The van der Waals surface area contributed by atoms with Gasteiger partial charge < -0.3 is 14.5 Å². The van der Waals surface area contributed by atoms with Crippen LogP contribution in [-0.2, 0) is 4.74 Å². The smallest absolute Gasteiger partial charge is 0.254 e. The molecule has 1 aromatic carbocycles. The number of morpholine rings is 1. The van der Waals surface area contributed by atoms with Gasteiger partial charge in [0.1, 0.15) is 5.82 Å². The molecular formula is C18H25FN2O2. The molecule has 0 bridgehead atoms. The molecule has 1 aliphatic heterocycles. The van der Waals surface area contributed by atoms with Gasteiger partial charge in [0.25, 0.3) is 5.91 Å². The van der Waals surface area contributed by atoms with E-state index in [1.165, 1.54) is 25.0 Å². The summed E-state index contributed by atoms with van der Waals surface area (Å²) >= 11 is 0. The van der Waals surface area contributed by atoms with E-state index < -0.39 is 0 Å². The van der Waals surface area contributed by atoms with Crippen LogP contribution in [0.25, 0.3) is 0 Å². The summed E-state index contributed by atoms with van der Waals surface area (Å²) in [6, 6.07) is 4.55. The van der Waals surface area contributed by atoms with Gasteiger partial charge in [0, 0.05) is 31.7 Å². The van der Waals surface area contributed by atoms with Crippen molar-refractivity contribution in [2.75, 3.05) is 39.8 Å². The van der Waals surface area contributed by atoms with Crippen molar-refractivity contribution in [2.45, 2.75) is 25.9 Å². The Morgan fingerprint density at radius 3 is 2.78 bits per heavy atom. The molecule has 5 heteroatoms. The second kappa shape index (κ2) is 6.97. The molecule has 3 rings (SSSR count). The average molecular weight is 320 g/mol. The van der Waals surface area contributed by atoms with Crippen molar-refractivity contribution in [3.05, 3.63) is 35.1 Å². The standard InChI is InChI=1S/C18H25FN2O2/c1-13-7-15(9-16(19)8-13)18(22)21(10-14-3-4-14)12-17-11-20(2)5-6-23-17/h7-9,14,17H,3-6,10-12H2,1-2H3/t17-/m0/s1. The van der Waals surface area contributed by atoms with Crippen molar-refractivity contribution in [3.63, 3.8) is 0 Å². The molecule has 126 valence electrons. The summed E-state index contributed by atoms with van der Waals surface area (Å²) in [6.45, 7) is 5.59. The van der Waals surface area contributed by atoms with Crippen LogP contribution in [0.15, 0.2) is 18.2 Å². The van der Waals surface area contributed by atoms with Gasteiger partial charge in [-0.2, -0.15) is 0 Å². The fraction of sp³-hybridized carbons (Fsp3) is 0.611. The number of aryl methyl sites for hydroxylation is 1. The molecular weight excluding hydrogens is 295 g/mol. The lowest BCUT2D eigenvalue weighted by atomic mass is 10.1. The Balaban J connectivity index is 1.73. The van der Waals surface area contributed by atoms with Crippen LogP contribution >= 0.6 is 0 Å². The molecule has 1 amide bonds. The summed E-state index contributed by atoms with van der Waals surface area (Å²) < 4.78 is 19.4. The largest absolute Gasteiger partial charge is 0.374 e. The van der Waals surface area contributed by atoms with Crippen molar-refractivity contribution in [1.82, 2.24) is 9.80 Å². The van der Waals surface area contributed by atoms with Crippen molar-refractivity contribution in [2.24, 2.45) is 5.92 Å². The number of carbonyl (C=O) groups excluding carboxylic acids is 1. The van der Waals surface area contributed by atoms with Crippen LogP contribution in [0.1, 0.15) is 28.8 Å². The first kappa shape index (κ1) is 16.4. The lowest BCUT2D eigenvalue weighted by Gasteiger charge is -2.34. The van der Waals surface area contributed by atoms with E-state index in [0.717, 1.165) is 25.2 Å². The lowest BCUT2D eigenvalue weighted by molar-refractivity contribution is -0.0331. The van der Waals surface area contributed by atoms with E-state index in [1.54, 1.807) is 6.07 Å². The van der Waals surface area contributed by atoms with E-state index in [0.29, 0.717) is 24.6 Å². The number of ether oxygens (including phenoxy) is 1. The highest BCUT2D eigenvalue weighted by atomic mass is 19.1. The maximum absolute atomic E-state index is 13.6. The van der Waals surface area contributed by atoms with Gasteiger partial charge >= 0.3 is 0 Å². The summed E-state index contributed by atoms with van der Waals surface area (Å²) in [5.74, 6) is 0.152. The van der Waals surface area contributed by atoms with E-state index in [-0.39, 0.29) is 17.8 Å². The molecule has 4 nitrogen and oxygen atoms in total. The minimum absolute atomic E-state index is 0.0334. The molecule has 0 N–H and O–H groups in total. The van der Waals surface area contributed by atoms with Gasteiger partial charge in [0.05, 0.1) is 12.7 Å². The molecule has 2 aliphatic rings. The van der Waals surface area contributed by atoms with Crippen LogP contribution in [0.3, 0.4) is 0 Å². The molecule has 0 unspecified atom stereocenters. The molecule has 1 saturated carbocycles. The zero-order valence-corrected chi connectivity index (χ0v) is 13.9. The summed E-state index contributed by atoms with van der Waals surface area (Å²) in [7, 11) is 2.07. The van der Waals surface area contributed by atoms with Crippen molar-refractivity contribution in [1.29, 1.82) is 0 Å². The molecule has 23 heavy (non-hydrogen) atoms. The van der Waals surface area contributed by atoms with Crippen LogP contribution in [0.5, 0.6) is 0 Å². The van der Waals surface area contributed by atoms with Gasteiger partial charge in [-0.1, -0.05) is 0 Å². The normalized spacial score (nSPS) is 22.1. The molecule has 1 saturated heterocycles. The van der Waals surface area contributed by atoms with E-state index >= 15 is 0 Å². The van der Waals surface area contributed by atoms with Crippen molar-refractivity contribution >= 4 is 5.91 Å². The first-order valence-corrected chi connectivity index (χ1v) is 8.38. The van der Waals surface area contributed by atoms with Crippen LogP contribution in [0, 0.1) is 18.7 Å². The number of rotatable bonds is 5. The molecule has 0 spiro atoms. The summed E-state index contributed by atoms with van der Waals surface area (Å²) in [4.78, 5) is 16.9. The molecule has 1 heterocycles. The highest BCUT2D eigenvalue weighted by molar-refractivity contribution is 5.94. The molecule has 0 aromatic heterocycles. The minimum Gasteiger partial charge on any atom is -0.374 e. The quantitative estimate of drug-likeness (QED) is 0.835. The highest BCUT2D eigenvalue weighted by Gasteiger charge is 2.30. The maximum atomic E-state index is 13.6. The zero-order valence-electron chi connectivity index (χ0n) is 13.9. The number of carbonyl (C=O) groups is 1. The lowest BCUT2D eigenvalue weighted by Crippen LogP contribution is -2.48. The summed E-state index contributed by atoms with van der Waals surface area (Å²) in [5.41, 5.74) is 1.21. The maximum Gasteiger partial charge on any atom is 0.254 e. The van der Waals surface area contributed by atoms with Crippen LogP contribution in [-0.4, -0.2) is 61.6 Å². The van der Waals surface area contributed by atoms with Gasteiger partial charge in [-0.25, -0.2) is 4.39 Å². The van der Waals surface area contributed by atoms with E-state index in [4.69, 9.17) is 4.74 Å². The average Bonchev–Trinajstić information content (AvgIpc) is 3.29. The number of benzene rings is 1. The summed E-state index contributed by atoms with van der Waals surface area (Å²) in [5, 5.41) is 0. The van der Waals surface area contributed by atoms with E-state index in [1.807, 2.05) is 11.8 Å². The van der Waals surface area contributed by atoms with Crippen molar-refractivity contribution < 1.29 is 13.9 Å². The Morgan fingerprint density at radius 2 is 2.13 bits per heavy atom. The van der Waals surface area contributed by atoms with Gasteiger partial charge in [0.15, 0.2) is 0 Å². The zero-order chi connectivity index (χ0) is 16.4. The predicted molar refractivity (Wildman–Crippen MR) is 87.0 cm³/mol. The van der Waals surface area contributed by atoms with Crippen LogP contribution in [0.2, 0.25) is 0 Å². The van der Waals surface area contributed by atoms with Gasteiger partial charge in [-0.3, -0.25) is 4.79 Å². The van der Waals surface area contributed by atoms with E-state index in [9.17, 15) is 9.18 Å². The topological polar surface area (TPSA) is 32.8 Å². The number of nitrogens with zero attached hydrogens (tertiary/aromatic N) is 2.